The smallest absolute Gasteiger partial charge is 0.410 e. The first-order chi connectivity index (χ1) is 7.38. The fourth-order valence-corrected chi connectivity index (χ4v) is 1.48. The van der Waals surface area contributed by atoms with Crippen molar-refractivity contribution < 1.29 is 19.1 Å². The molecule has 1 aliphatic heterocycles. The molecule has 0 saturated carbocycles. The summed E-state index contributed by atoms with van der Waals surface area (Å²) in [6.07, 6.45) is 1.58. The van der Waals surface area contributed by atoms with Gasteiger partial charge in [-0.25, -0.2) is 9.59 Å². The van der Waals surface area contributed by atoms with Crippen molar-refractivity contribution in [3.05, 3.63) is 0 Å². The Bertz CT molecular complexity index is 264. The molecular formula is C11H19NO4. The van der Waals surface area contributed by atoms with Crippen LogP contribution in [0.25, 0.3) is 0 Å². The summed E-state index contributed by atoms with van der Waals surface area (Å²) in [5.74, 6) is -0.514. The first kappa shape index (κ1) is 12.8. The van der Waals surface area contributed by atoms with Crippen molar-refractivity contribution in [2.75, 3.05) is 19.7 Å². The molecule has 1 fully saturated rings. The highest BCUT2D eigenvalue weighted by Crippen LogP contribution is 2.10. The normalized spacial score (nSPS) is 16.1. The highest BCUT2D eigenvalue weighted by atomic mass is 16.6. The standard InChI is InChI=1S/C11H19NO4/c1-11(2,3)16-9(13)8-15-10(14)12-6-4-5-7-12/h4-8H2,1-3H3. The third-order valence-electron chi connectivity index (χ3n) is 2.10. The van der Waals surface area contributed by atoms with Crippen LogP contribution < -0.4 is 0 Å². The third-order valence-corrected chi connectivity index (χ3v) is 2.10. The Kier molecular flexibility index (Phi) is 4.15. The number of esters is 1. The van der Waals surface area contributed by atoms with Crippen molar-refractivity contribution in [1.29, 1.82) is 0 Å². The number of carbonyl (C=O) groups is 2. The first-order valence-electron chi connectivity index (χ1n) is 5.52. The maximum atomic E-state index is 11.4. The Balaban J connectivity index is 2.23. The summed E-state index contributed by atoms with van der Waals surface area (Å²) in [6, 6.07) is 0. The van der Waals surface area contributed by atoms with E-state index in [1.165, 1.54) is 0 Å². The molecular weight excluding hydrogens is 210 g/mol. The number of likely N-dealkylation sites (tertiary alicyclic amines) is 1. The van der Waals surface area contributed by atoms with Crippen LogP contribution in [0.2, 0.25) is 0 Å². The molecule has 0 unspecified atom stereocenters. The number of nitrogens with zero attached hydrogens (tertiary/aromatic N) is 1. The Hall–Kier alpha value is -1.26. The van der Waals surface area contributed by atoms with Crippen LogP contribution in [0.5, 0.6) is 0 Å². The lowest BCUT2D eigenvalue weighted by atomic mass is 10.2. The van der Waals surface area contributed by atoms with E-state index in [0.717, 1.165) is 12.8 Å². The van der Waals surface area contributed by atoms with Crippen LogP contribution in [0, 0.1) is 0 Å². The molecule has 0 aromatic heterocycles. The quantitative estimate of drug-likeness (QED) is 0.674. The lowest BCUT2D eigenvalue weighted by molar-refractivity contribution is -0.158. The summed E-state index contributed by atoms with van der Waals surface area (Å²) in [7, 11) is 0. The molecule has 1 aliphatic rings. The Labute approximate surface area is 95.7 Å². The van der Waals surface area contributed by atoms with Crippen molar-refractivity contribution in [3.8, 4) is 0 Å². The molecule has 1 amide bonds. The third kappa shape index (κ3) is 4.51. The van der Waals surface area contributed by atoms with E-state index < -0.39 is 17.7 Å². The maximum absolute atomic E-state index is 11.4. The molecule has 5 nitrogen and oxygen atoms in total. The van der Waals surface area contributed by atoms with Gasteiger partial charge in [-0.15, -0.1) is 0 Å². The van der Waals surface area contributed by atoms with Gasteiger partial charge < -0.3 is 14.4 Å². The fraction of sp³-hybridized carbons (Fsp3) is 0.818. The zero-order valence-electron chi connectivity index (χ0n) is 10.1. The van der Waals surface area contributed by atoms with Gasteiger partial charge in [0.15, 0.2) is 6.61 Å². The second kappa shape index (κ2) is 5.18. The van der Waals surface area contributed by atoms with Gasteiger partial charge in [0.05, 0.1) is 0 Å². The predicted molar refractivity (Wildman–Crippen MR) is 58.0 cm³/mol. The first-order valence-corrected chi connectivity index (χ1v) is 5.52. The van der Waals surface area contributed by atoms with Crippen molar-refractivity contribution in [1.82, 2.24) is 4.90 Å². The number of carbonyl (C=O) groups excluding carboxylic acids is 2. The van der Waals surface area contributed by atoms with E-state index in [2.05, 4.69) is 0 Å². The summed E-state index contributed by atoms with van der Waals surface area (Å²) in [6.45, 7) is 6.43. The van der Waals surface area contributed by atoms with E-state index in [1.54, 1.807) is 25.7 Å². The lowest BCUT2D eigenvalue weighted by Gasteiger charge is -2.20. The van der Waals surface area contributed by atoms with Crippen LogP contribution in [-0.2, 0) is 14.3 Å². The summed E-state index contributed by atoms with van der Waals surface area (Å²) in [5, 5.41) is 0. The Morgan fingerprint density at radius 1 is 1.19 bits per heavy atom. The SMILES string of the molecule is CC(C)(C)OC(=O)COC(=O)N1CCCC1. The molecule has 5 heteroatoms. The second-order valence-electron chi connectivity index (χ2n) is 4.84. The molecule has 0 N–H and O–H groups in total. The van der Waals surface area contributed by atoms with E-state index in [1.807, 2.05) is 0 Å². The minimum atomic E-state index is -0.545. The van der Waals surface area contributed by atoms with Gasteiger partial charge in [0.25, 0.3) is 0 Å². The van der Waals surface area contributed by atoms with Gasteiger partial charge in [-0.05, 0) is 33.6 Å². The molecule has 1 rings (SSSR count). The van der Waals surface area contributed by atoms with Gasteiger partial charge in [0, 0.05) is 13.1 Å². The monoisotopic (exact) mass is 229 g/mol. The highest BCUT2D eigenvalue weighted by molar-refractivity contribution is 5.76. The molecule has 0 atom stereocenters. The maximum Gasteiger partial charge on any atom is 0.410 e. The van der Waals surface area contributed by atoms with Crippen LogP contribution in [0.15, 0.2) is 0 Å². The predicted octanol–water partition coefficient (Wildman–Crippen LogP) is 1.56. The topological polar surface area (TPSA) is 55.8 Å². The molecule has 0 aromatic rings. The summed E-state index contributed by atoms with van der Waals surface area (Å²) >= 11 is 0. The number of ether oxygens (including phenoxy) is 2. The van der Waals surface area contributed by atoms with E-state index in [-0.39, 0.29) is 6.61 Å². The average Bonchev–Trinajstić information content (AvgIpc) is 2.64. The zero-order valence-corrected chi connectivity index (χ0v) is 10.1. The van der Waals surface area contributed by atoms with Gasteiger partial charge >= 0.3 is 12.1 Å². The Morgan fingerprint density at radius 2 is 1.75 bits per heavy atom. The second-order valence-corrected chi connectivity index (χ2v) is 4.84. The molecule has 0 aromatic carbocycles. The van der Waals surface area contributed by atoms with Crippen LogP contribution >= 0.6 is 0 Å². The summed E-state index contributed by atoms with van der Waals surface area (Å²) in [5.41, 5.74) is -0.545. The molecule has 0 spiro atoms. The van der Waals surface area contributed by atoms with Crippen LogP contribution in [0.1, 0.15) is 33.6 Å². The highest BCUT2D eigenvalue weighted by Gasteiger charge is 2.22. The lowest BCUT2D eigenvalue weighted by Crippen LogP contribution is -2.32. The van der Waals surface area contributed by atoms with E-state index in [9.17, 15) is 9.59 Å². The average molecular weight is 229 g/mol. The number of rotatable bonds is 2. The zero-order chi connectivity index (χ0) is 12.2. The van der Waals surface area contributed by atoms with Crippen molar-refractivity contribution >= 4 is 12.1 Å². The van der Waals surface area contributed by atoms with Crippen molar-refractivity contribution in [2.45, 2.75) is 39.2 Å². The minimum Gasteiger partial charge on any atom is -0.457 e. The molecule has 16 heavy (non-hydrogen) atoms. The largest absolute Gasteiger partial charge is 0.457 e. The van der Waals surface area contributed by atoms with Gasteiger partial charge in [0.1, 0.15) is 5.60 Å². The summed E-state index contributed by atoms with van der Waals surface area (Å²) in [4.78, 5) is 24.3. The molecule has 1 saturated heterocycles. The van der Waals surface area contributed by atoms with E-state index in [0.29, 0.717) is 13.1 Å². The van der Waals surface area contributed by atoms with Crippen molar-refractivity contribution in [3.63, 3.8) is 0 Å². The minimum absolute atomic E-state index is 0.313. The molecule has 92 valence electrons. The van der Waals surface area contributed by atoms with E-state index >= 15 is 0 Å². The Morgan fingerprint density at radius 3 is 2.25 bits per heavy atom. The van der Waals surface area contributed by atoms with Gasteiger partial charge in [0.2, 0.25) is 0 Å². The fourth-order valence-electron chi connectivity index (χ4n) is 1.48. The van der Waals surface area contributed by atoms with Gasteiger partial charge in [-0.3, -0.25) is 0 Å². The number of amides is 1. The van der Waals surface area contributed by atoms with Gasteiger partial charge in [-0.1, -0.05) is 0 Å². The number of hydrogen-bond donors (Lipinski definition) is 0. The number of hydrogen-bond acceptors (Lipinski definition) is 4. The van der Waals surface area contributed by atoms with Crippen LogP contribution in [-0.4, -0.2) is 42.3 Å². The van der Waals surface area contributed by atoms with Crippen molar-refractivity contribution in [2.24, 2.45) is 0 Å². The molecule has 0 aliphatic carbocycles. The molecule has 0 radical (unpaired) electrons. The molecule has 0 bridgehead atoms. The summed E-state index contributed by atoms with van der Waals surface area (Å²) < 4.78 is 9.86. The van der Waals surface area contributed by atoms with Gasteiger partial charge in [-0.2, -0.15) is 0 Å². The molecule has 1 heterocycles. The van der Waals surface area contributed by atoms with E-state index in [4.69, 9.17) is 9.47 Å². The van der Waals surface area contributed by atoms with Crippen LogP contribution in [0.3, 0.4) is 0 Å². The van der Waals surface area contributed by atoms with Crippen LogP contribution in [0.4, 0.5) is 4.79 Å².